The van der Waals surface area contributed by atoms with Crippen molar-refractivity contribution < 1.29 is 29.4 Å². The third-order valence-electron chi connectivity index (χ3n) is 6.17. The van der Waals surface area contributed by atoms with Gasteiger partial charge in [-0.1, -0.05) is 32.0 Å². The van der Waals surface area contributed by atoms with E-state index in [1.54, 1.807) is 6.20 Å². The third kappa shape index (κ3) is 9.12. The van der Waals surface area contributed by atoms with Crippen LogP contribution in [0.25, 0.3) is 10.9 Å². The molecule has 12 heteroatoms. The fraction of sp³-hybridized carbons (Fsp3) is 0.538. The summed E-state index contributed by atoms with van der Waals surface area (Å²) in [5.74, 6) is -3.30. The van der Waals surface area contributed by atoms with E-state index in [0.717, 1.165) is 16.5 Å². The van der Waals surface area contributed by atoms with Gasteiger partial charge in [-0.3, -0.25) is 14.4 Å². The van der Waals surface area contributed by atoms with Crippen molar-refractivity contribution in [2.75, 3.05) is 13.2 Å². The topological polar surface area (TPSA) is 213 Å². The molecule has 1 heterocycles. The summed E-state index contributed by atoms with van der Waals surface area (Å²) in [6.45, 7) is 3.27. The molecule has 0 aliphatic rings. The first-order valence-corrected chi connectivity index (χ1v) is 12.8. The highest BCUT2D eigenvalue weighted by molar-refractivity contribution is 5.94. The van der Waals surface area contributed by atoms with Gasteiger partial charge in [-0.2, -0.15) is 0 Å². The Morgan fingerprint density at radius 2 is 1.58 bits per heavy atom. The third-order valence-corrected chi connectivity index (χ3v) is 6.17. The number of benzene rings is 1. The molecular formula is C26H40N6O6. The van der Waals surface area contributed by atoms with Crippen LogP contribution in [0.15, 0.2) is 30.5 Å². The molecular weight excluding hydrogens is 492 g/mol. The number of aliphatic carboxylic acids is 1. The summed E-state index contributed by atoms with van der Waals surface area (Å²) in [5, 5.41) is 27.5. The lowest BCUT2D eigenvalue weighted by molar-refractivity contribution is -0.143. The first kappa shape index (κ1) is 30.7. The standard InChI is InChI=1S/C26H40N6O6/c1-15(2)11-21(26(37)38)31-25(36)22(14-33)32-24(35)20(9-5-6-10-27)30-23(34)18(28)12-16-13-29-19-8-4-3-7-17(16)19/h3-4,7-8,13,15,18,20-22,29,33H,5-6,9-12,14,27-28H2,1-2H3,(H,30,34)(H,31,36)(H,32,35)(H,37,38). The minimum absolute atomic E-state index is 0.00540. The molecule has 10 N–H and O–H groups in total. The van der Waals surface area contributed by atoms with Gasteiger partial charge in [-0.25, -0.2) is 4.79 Å². The number of carboxylic acids is 1. The predicted octanol–water partition coefficient (Wildman–Crippen LogP) is -0.256. The van der Waals surface area contributed by atoms with Crippen LogP contribution in [0.4, 0.5) is 0 Å². The first-order valence-electron chi connectivity index (χ1n) is 12.8. The molecule has 0 aliphatic carbocycles. The number of hydrogen-bond acceptors (Lipinski definition) is 7. The molecule has 1 aromatic heterocycles. The lowest BCUT2D eigenvalue weighted by atomic mass is 10.0. The van der Waals surface area contributed by atoms with E-state index in [9.17, 15) is 29.4 Å². The van der Waals surface area contributed by atoms with Crippen molar-refractivity contribution in [1.82, 2.24) is 20.9 Å². The van der Waals surface area contributed by atoms with Crippen LogP contribution in [0.3, 0.4) is 0 Å². The number of hydrogen-bond donors (Lipinski definition) is 8. The van der Waals surface area contributed by atoms with E-state index in [-0.39, 0.29) is 25.2 Å². The van der Waals surface area contributed by atoms with Crippen molar-refractivity contribution in [2.45, 2.75) is 70.1 Å². The Bertz CT molecular complexity index is 1090. The van der Waals surface area contributed by atoms with Crippen LogP contribution in [-0.4, -0.2) is 76.2 Å². The zero-order valence-electron chi connectivity index (χ0n) is 21.9. The van der Waals surface area contributed by atoms with Crippen LogP contribution in [0, 0.1) is 5.92 Å². The smallest absolute Gasteiger partial charge is 0.326 e. The number of nitrogens with two attached hydrogens (primary N) is 2. The number of aromatic nitrogens is 1. The van der Waals surface area contributed by atoms with Crippen molar-refractivity contribution in [3.8, 4) is 0 Å². The number of carboxylic acid groups (broad SMARTS) is 1. The maximum Gasteiger partial charge on any atom is 0.326 e. The van der Waals surface area contributed by atoms with Crippen LogP contribution < -0.4 is 27.4 Å². The average Bonchev–Trinajstić information content (AvgIpc) is 3.28. The highest BCUT2D eigenvalue weighted by Crippen LogP contribution is 2.19. The zero-order valence-corrected chi connectivity index (χ0v) is 21.9. The van der Waals surface area contributed by atoms with Gasteiger partial charge in [0, 0.05) is 17.1 Å². The largest absolute Gasteiger partial charge is 0.480 e. The van der Waals surface area contributed by atoms with E-state index in [4.69, 9.17) is 11.5 Å². The monoisotopic (exact) mass is 532 g/mol. The van der Waals surface area contributed by atoms with Gasteiger partial charge in [-0.05, 0) is 56.2 Å². The van der Waals surface area contributed by atoms with Crippen LogP contribution in [0.2, 0.25) is 0 Å². The van der Waals surface area contributed by atoms with Gasteiger partial charge in [0.1, 0.15) is 18.1 Å². The highest BCUT2D eigenvalue weighted by atomic mass is 16.4. The molecule has 0 saturated heterocycles. The molecule has 3 amide bonds. The quantitative estimate of drug-likeness (QED) is 0.135. The van der Waals surface area contributed by atoms with E-state index in [0.29, 0.717) is 19.4 Å². The minimum Gasteiger partial charge on any atom is -0.480 e. The summed E-state index contributed by atoms with van der Waals surface area (Å²) in [6.07, 6.45) is 3.58. The summed E-state index contributed by atoms with van der Waals surface area (Å²) in [4.78, 5) is 53.2. The van der Waals surface area contributed by atoms with Gasteiger partial charge >= 0.3 is 5.97 Å². The lowest BCUT2D eigenvalue weighted by Gasteiger charge is -2.24. The summed E-state index contributed by atoms with van der Waals surface area (Å²) in [5.41, 5.74) is 13.5. The number of carbonyl (C=O) groups is 4. The zero-order chi connectivity index (χ0) is 28.2. The average molecular weight is 533 g/mol. The summed E-state index contributed by atoms with van der Waals surface area (Å²) in [6, 6.07) is 3.08. The summed E-state index contributed by atoms with van der Waals surface area (Å²) >= 11 is 0. The predicted molar refractivity (Wildman–Crippen MR) is 143 cm³/mol. The molecule has 12 nitrogen and oxygen atoms in total. The Morgan fingerprint density at radius 3 is 2.21 bits per heavy atom. The fourth-order valence-corrected chi connectivity index (χ4v) is 4.10. The van der Waals surface area contributed by atoms with Crippen molar-refractivity contribution in [3.05, 3.63) is 36.0 Å². The molecule has 4 atom stereocenters. The molecule has 0 spiro atoms. The SMILES string of the molecule is CC(C)CC(NC(=O)C(CO)NC(=O)C(CCCCN)NC(=O)C(N)Cc1c[nH]c2ccccc12)C(=O)O. The number of carbonyl (C=O) groups excluding carboxylic acids is 3. The number of nitrogens with one attached hydrogen (secondary N) is 4. The Hall–Kier alpha value is -3.48. The van der Waals surface area contributed by atoms with E-state index in [1.807, 2.05) is 38.1 Å². The van der Waals surface area contributed by atoms with Gasteiger partial charge < -0.3 is 42.6 Å². The van der Waals surface area contributed by atoms with Crippen molar-refractivity contribution in [3.63, 3.8) is 0 Å². The van der Waals surface area contributed by atoms with E-state index in [1.165, 1.54) is 0 Å². The maximum atomic E-state index is 13.0. The van der Waals surface area contributed by atoms with Crippen LogP contribution in [0.1, 0.15) is 45.1 Å². The number of aromatic amines is 1. The van der Waals surface area contributed by atoms with E-state index >= 15 is 0 Å². The highest BCUT2D eigenvalue weighted by Gasteiger charge is 2.30. The van der Waals surface area contributed by atoms with E-state index < -0.39 is 54.5 Å². The number of unbranched alkanes of at least 4 members (excludes halogenated alkanes) is 1. The number of para-hydroxylation sites is 1. The fourth-order valence-electron chi connectivity index (χ4n) is 4.10. The van der Waals surface area contributed by atoms with Gasteiger partial charge in [0.2, 0.25) is 17.7 Å². The van der Waals surface area contributed by atoms with Crippen LogP contribution in [-0.2, 0) is 25.6 Å². The Morgan fingerprint density at radius 1 is 0.947 bits per heavy atom. The number of rotatable bonds is 16. The number of aliphatic hydroxyl groups is 1. The Balaban J connectivity index is 2.06. The van der Waals surface area contributed by atoms with Crippen molar-refractivity contribution in [1.29, 1.82) is 0 Å². The summed E-state index contributed by atoms with van der Waals surface area (Å²) in [7, 11) is 0. The van der Waals surface area contributed by atoms with Crippen LogP contribution in [0.5, 0.6) is 0 Å². The molecule has 0 aliphatic heterocycles. The molecule has 1 aromatic carbocycles. The minimum atomic E-state index is -1.40. The molecule has 2 rings (SSSR count). The first-order chi connectivity index (χ1) is 18.1. The second kappa shape index (κ2) is 15.1. The molecule has 0 fully saturated rings. The molecule has 0 radical (unpaired) electrons. The molecule has 210 valence electrons. The second-order valence-electron chi connectivity index (χ2n) is 9.79. The second-order valence-corrected chi connectivity index (χ2v) is 9.79. The maximum absolute atomic E-state index is 13.0. The number of fused-ring (bicyclic) bond motifs is 1. The molecule has 38 heavy (non-hydrogen) atoms. The van der Waals surface area contributed by atoms with Gasteiger partial charge in [-0.15, -0.1) is 0 Å². The Labute approximate surface area is 221 Å². The molecule has 4 unspecified atom stereocenters. The Kier molecular flexibility index (Phi) is 12.2. The molecule has 2 aromatic rings. The van der Waals surface area contributed by atoms with Gasteiger partial charge in [0.05, 0.1) is 12.6 Å². The van der Waals surface area contributed by atoms with Crippen molar-refractivity contribution >= 4 is 34.6 Å². The lowest BCUT2D eigenvalue weighted by Crippen LogP contribution is -2.58. The van der Waals surface area contributed by atoms with Crippen LogP contribution >= 0.6 is 0 Å². The molecule has 0 saturated carbocycles. The van der Waals surface area contributed by atoms with E-state index in [2.05, 4.69) is 20.9 Å². The number of amides is 3. The number of aliphatic hydroxyl groups excluding tert-OH is 1. The molecule has 0 bridgehead atoms. The normalized spacial score (nSPS) is 14.5. The van der Waals surface area contributed by atoms with Crippen molar-refractivity contribution in [2.24, 2.45) is 17.4 Å². The summed E-state index contributed by atoms with van der Waals surface area (Å²) < 4.78 is 0. The van der Waals surface area contributed by atoms with Gasteiger partial charge in [0.25, 0.3) is 0 Å². The number of H-pyrrole nitrogens is 1. The van der Waals surface area contributed by atoms with Gasteiger partial charge in [0.15, 0.2) is 0 Å².